The van der Waals surface area contributed by atoms with E-state index in [0.29, 0.717) is 29.4 Å². The molecule has 0 saturated heterocycles. The average Bonchev–Trinajstić information content (AvgIpc) is 2.63. The highest BCUT2D eigenvalue weighted by Gasteiger charge is 2.22. The summed E-state index contributed by atoms with van der Waals surface area (Å²) in [7, 11) is 6.24. The molecule has 0 aliphatic rings. The Hall–Kier alpha value is -2.53. The zero-order chi connectivity index (χ0) is 17.5. The Balaban J connectivity index is 2.58. The molecule has 5 heteroatoms. The summed E-state index contributed by atoms with van der Waals surface area (Å²) in [6.07, 6.45) is 2.12. The first kappa shape index (κ1) is 17.8. The minimum Gasteiger partial charge on any atom is -0.493 e. The third-order valence-corrected chi connectivity index (χ3v) is 3.80. The maximum atomic E-state index is 11.7. The van der Waals surface area contributed by atoms with Gasteiger partial charge in [-0.05, 0) is 28.8 Å². The van der Waals surface area contributed by atoms with Gasteiger partial charge in [-0.1, -0.05) is 24.3 Å². The maximum absolute atomic E-state index is 11.7. The van der Waals surface area contributed by atoms with Crippen molar-refractivity contribution in [1.29, 1.82) is 0 Å². The van der Waals surface area contributed by atoms with E-state index in [0.717, 1.165) is 11.1 Å². The van der Waals surface area contributed by atoms with Crippen LogP contribution in [0.15, 0.2) is 36.4 Å². The third kappa shape index (κ3) is 3.51. The van der Waals surface area contributed by atoms with Gasteiger partial charge in [-0.2, -0.15) is 0 Å². The van der Waals surface area contributed by atoms with Gasteiger partial charge >= 0.3 is 0 Å². The first-order valence-electron chi connectivity index (χ1n) is 7.44. The maximum Gasteiger partial charge on any atom is 0.211 e. The molecule has 0 aliphatic carbocycles. The van der Waals surface area contributed by atoms with Crippen LogP contribution in [0.3, 0.4) is 0 Å². The Morgan fingerprint density at radius 3 is 2.08 bits per heavy atom. The Labute approximate surface area is 142 Å². The molecule has 0 spiro atoms. The van der Waals surface area contributed by atoms with Crippen LogP contribution >= 0.6 is 0 Å². The van der Waals surface area contributed by atoms with E-state index in [2.05, 4.69) is 6.29 Å². The van der Waals surface area contributed by atoms with E-state index < -0.39 is 5.92 Å². The molecule has 0 heterocycles. The second-order valence-corrected chi connectivity index (χ2v) is 5.14. The molecule has 127 valence electrons. The molecule has 1 unspecified atom stereocenters. The molecule has 0 saturated carbocycles. The smallest absolute Gasteiger partial charge is 0.211 e. The summed E-state index contributed by atoms with van der Waals surface area (Å²) in [5, 5.41) is 0. The normalized spacial score (nSPS) is 11.7. The number of methoxy groups -OCH3 is 4. The number of ether oxygens (including phenoxy) is 4. The van der Waals surface area contributed by atoms with Crippen LogP contribution in [0.2, 0.25) is 0 Å². The fourth-order valence-corrected chi connectivity index (χ4v) is 2.68. The second-order valence-electron chi connectivity index (χ2n) is 5.14. The predicted octanol–water partition coefficient (Wildman–Crippen LogP) is 3.10. The Bertz CT molecular complexity index is 671. The fraction of sp³-hybridized carbons (Fsp3) is 0.316. The second kappa shape index (κ2) is 8.36. The number of benzene rings is 2. The van der Waals surface area contributed by atoms with Gasteiger partial charge in [0.2, 0.25) is 12.0 Å². The zero-order valence-electron chi connectivity index (χ0n) is 14.3. The Kier molecular flexibility index (Phi) is 6.21. The molecule has 2 aromatic rings. The highest BCUT2D eigenvalue weighted by atomic mass is 16.5. The number of hydrogen-bond acceptors (Lipinski definition) is 5. The van der Waals surface area contributed by atoms with Gasteiger partial charge in [-0.25, -0.2) is 0 Å². The van der Waals surface area contributed by atoms with Gasteiger partial charge < -0.3 is 18.9 Å². The lowest BCUT2D eigenvalue weighted by molar-refractivity contribution is 0.184. The van der Waals surface area contributed by atoms with E-state index in [1.54, 1.807) is 33.5 Å². The summed E-state index contributed by atoms with van der Waals surface area (Å²) in [4.78, 5) is 11.7. The van der Waals surface area contributed by atoms with Crippen molar-refractivity contribution in [2.75, 3.05) is 28.4 Å². The molecule has 1 atom stereocenters. The lowest BCUT2D eigenvalue weighted by Gasteiger charge is -2.19. The van der Waals surface area contributed by atoms with E-state index >= 15 is 0 Å². The monoisotopic (exact) mass is 329 g/mol. The quantitative estimate of drug-likeness (QED) is 0.745. The van der Waals surface area contributed by atoms with Crippen LogP contribution in [0.25, 0.3) is 0 Å². The van der Waals surface area contributed by atoms with E-state index in [1.165, 1.54) is 7.11 Å². The minimum absolute atomic E-state index is 0.415. The summed E-state index contributed by atoms with van der Waals surface area (Å²) < 4.78 is 21.3. The number of rotatable bonds is 8. The number of carbonyl (C=O) groups excluding carboxylic acids is 1. The molecule has 0 fully saturated rings. The third-order valence-electron chi connectivity index (χ3n) is 3.80. The summed E-state index contributed by atoms with van der Waals surface area (Å²) in [5.74, 6) is 0.899. The van der Waals surface area contributed by atoms with Crippen LogP contribution in [0.4, 0.5) is 0 Å². The molecule has 1 radical (unpaired) electrons. The molecular formula is C19H21O5. The van der Waals surface area contributed by atoms with Gasteiger partial charge in [0.1, 0.15) is 0 Å². The standard InChI is InChI=1S/C19H21O5/c1-21-12-13-7-5-6-8-15(13)16(11-20)14-9-17(22-2)19(24-4)18(10-14)23-3/h5-10,16H,12H2,1-4H3. The SMILES string of the molecule is COCc1ccccc1C([C]=O)c1cc(OC)c(OC)c(OC)c1. The lowest BCUT2D eigenvalue weighted by atomic mass is 9.89. The fourth-order valence-electron chi connectivity index (χ4n) is 2.68. The predicted molar refractivity (Wildman–Crippen MR) is 90.8 cm³/mol. The van der Waals surface area contributed by atoms with Crippen LogP contribution in [-0.2, 0) is 16.1 Å². The van der Waals surface area contributed by atoms with Crippen LogP contribution in [0.5, 0.6) is 17.2 Å². The minimum atomic E-state index is -0.579. The lowest BCUT2D eigenvalue weighted by Crippen LogP contribution is -2.08. The van der Waals surface area contributed by atoms with Crippen molar-refractivity contribution in [3.05, 3.63) is 53.1 Å². The van der Waals surface area contributed by atoms with Crippen molar-refractivity contribution in [3.63, 3.8) is 0 Å². The van der Waals surface area contributed by atoms with Crippen LogP contribution in [0.1, 0.15) is 22.6 Å². The van der Waals surface area contributed by atoms with Crippen LogP contribution in [-0.4, -0.2) is 34.7 Å². The van der Waals surface area contributed by atoms with E-state index in [-0.39, 0.29) is 0 Å². The molecule has 0 aromatic heterocycles. The van der Waals surface area contributed by atoms with Gasteiger partial charge in [-0.15, -0.1) is 0 Å². The molecule has 5 nitrogen and oxygen atoms in total. The van der Waals surface area contributed by atoms with Gasteiger partial charge in [-0.3, -0.25) is 4.79 Å². The molecule has 0 aliphatic heterocycles. The van der Waals surface area contributed by atoms with Gasteiger partial charge in [0.15, 0.2) is 11.5 Å². The first-order valence-corrected chi connectivity index (χ1v) is 7.44. The highest BCUT2D eigenvalue weighted by Crippen LogP contribution is 2.41. The topological polar surface area (TPSA) is 54.0 Å². The van der Waals surface area contributed by atoms with Gasteiger partial charge in [0.25, 0.3) is 0 Å². The van der Waals surface area contributed by atoms with Gasteiger partial charge in [0, 0.05) is 7.11 Å². The first-order chi connectivity index (χ1) is 11.7. The molecule has 24 heavy (non-hydrogen) atoms. The van der Waals surface area contributed by atoms with Crippen molar-refractivity contribution in [2.45, 2.75) is 12.5 Å². The van der Waals surface area contributed by atoms with Crippen molar-refractivity contribution in [1.82, 2.24) is 0 Å². The largest absolute Gasteiger partial charge is 0.493 e. The van der Waals surface area contributed by atoms with Crippen molar-refractivity contribution < 1.29 is 23.7 Å². The molecule has 2 rings (SSSR count). The Morgan fingerprint density at radius 1 is 0.958 bits per heavy atom. The molecule has 0 amide bonds. The molecule has 0 N–H and O–H groups in total. The van der Waals surface area contributed by atoms with E-state index in [9.17, 15) is 4.79 Å². The zero-order valence-corrected chi connectivity index (χ0v) is 14.3. The van der Waals surface area contributed by atoms with Crippen LogP contribution < -0.4 is 14.2 Å². The Morgan fingerprint density at radius 2 is 1.58 bits per heavy atom. The van der Waals surface area contributed by atoms with Crippen LogP contribution in [0, 0.1) is 0 Å². The summed E-state index contributed by atoms with van der Waals surface area (Å²) in [6.45, 7) is 0.415. The summed E-state index contributed by atoms with van der Waals surface area (Å²) in [5.41, 5.74) is 2.48. The molecule has 2 aromatic carbocycles. The average molecular weight is 329 g/mol. The summed E-state index contributed by atoms with van der Waals surface area (Å²) in [6, 6.07) is 11.2. The molecular weight excluding hydrogens is 308 g/mol. The van der Waals surface area contributed by atoms with E-state index in [4.69, 9.17) is 18.9 Å². The van der Waals surface area contributed by atoms with Crippen molar-refractivity contribution in [2.24, 2.45) is 0 Å². The van der Waals surface area contributed by atoms with E-state index in [1.807, 2.05) is 24.3 Å². The highest BCUT2D eigenvalue weighted by molar-refractivity contribution is 5.72. The summed E-state index contributed by atoms with van der Waals surface area (Å²) >= 11 is 0. The van der Waals surface area contributed by atoms with Gasteiger partial charge in [0.05, 0.1) is 33.9 Å². The van der Waals surface area contributed by atoms with Crippen molar-refractivity contribution >= 4 is 6.29 Å². The van der Waals surface area contributed by atoms with Crippen molar-refractivity contribution in [3.8, 4) is 17.2 Å². The number of hydrogen-bond donors (Lipinski definition) is 0. The molecule has 0 bridgehead atoms.